The quantitative estimate of drug-likeness (QED) is 0.688. The highest BCUT2D eigenvalue weighted by atomic mass is 16.2. The molecule has 28 heavy (non-hydrogen) atoms. The minimum absolute atomic E-state index is 0.0704. The van der Waals surface area contributed by atoms with Crippen molar-refractivity contribution in [2.24, 2.45) is 5.73 Å². The summed E-state index contributed by atoms with van der Waals surface area (Å²) in [5.41, 5.74) is 6.34. The van der Waals surface area contributed by atoms with Crippen LogP contribution >= 0.6 is 0 Å². The Labute approximate surface area is 166 Å². The lowest BCUT2D eigenvalue weighted by Gasteiger charge is -2.39. The maximum Gasteiger partial charge on any atom is 0.312 e. The number of hydrogen-bond donors (Lipinski definition) is 2. The molecule has 6 heteroatoms. The van der Waals surface area contributed by atoms with E-state index in [0.717, 1.165) is 45.3 Å². The van der Waals surface area contributed by atoms with E-state index in [9.17, 15) is 9.59 Å². The van der Waals surface area contributed by atoms with Crippen molar-refractivity contribution in [3.05, 3.63) is 48.0 Å². The molecule has 1 aliphatic rings. The van der Waals surface area contributed by atoms with Gasteiger partial charge < -0.3 is 16.0 Å². The molecule has 0 radical (unpaired) electrons. The lowest BCUT2D eigenvalue weighted by Crippen LogP contribution is -2.55. The van der Waals surface area contributed by atoms with Crippen LogP contribution in [0.15, 0.2) is 42.5 Å². The fourth-order valence-electron chi connectivity index (χ4n) is 3.84. The number of urea groups is 1. The molecule has 6 nitrogen and oxygen atoms in total. The molecule has 2 aromatic rings. The van der Waals surface area contributed by atoms with Gasteiger partial charge in [-0.2, -0.15) is 0 Å². The zero-order chi connectivity index (χ0) is 19.9. The summed E-state index contributed by atoms with van der Waals surface area (Å²) in [4.78, 5) is 27.8. The molecule has 1 atom stereocenters. The number of carbonyl (C=O) groups excluding carboxylic acids is 2. The Morgan fingerprint density at radius 2 is 1.93 bits per heavy atom. The van der Waals surface area contributed by atoms with Gasteiger partial charge in [-0.15, -0.1) is 0 Å². The molecule has 3 amide bonds. The molecule has 0 saturated carbocycles. The fraction of sp³-hybridized carbons (Fsp3) is 0.455. The standard InChI is InChI=1S/C22H30N4O2/c1-25-14-15-26(21(27)20(25)8-4-5-12-24-22(23)28)13-11-17-9-10-18-6-2-3-7-19(18)16-17/h2-3,6-7,9-10,16,20H,4-5,8,11-15H2,1H3,(H3,23,24,28)/t20-/m0/s1. The van der Waals surface area contributed by atoms with E-state index in [4.69, 9.17) is 5.73 Å². The van der Waals surface area contributed by atoms with E-state index in [0.29, 0.717) is 6.54 Å². The Morgan fingerprint density at radius 3 is 2.71 bits per heavy atom. The van der Waals surface area contributed by atoms with Crippen molar-refractivity contribution in [2.75, 3.05) is 33.2 Å². The topological polar surface area (TPSA) is 78.7 Å². The Balaban J connectivity index is 1.51. The first kappa shape index (κ1) is 20.1. The van der Waals surface area contributed by atoms with Crippen LogP contribution in [-0.4, -0.2) is 61.0 Å². The van der Waals surface area contributed by atoms with E-state index < -0.39 is 6.03 Å². The van der Waals surface area contributed by atoms with Crippen molar-refractivity contribution in [3.8, 4) is 0 Å². The van der Waals surface area contributed by atoms with Crippen molar-refractivity contribution in [1.29, 1.82) is 0 Å². The number of hydrogen-bond acceptors (Lipinski definition) is 3. The molecule has 0 bridgehead atoms. The first-order valence-electron chi connectivity index (χ1n) is 10.0. The molecule has 1 heterocycles. The highest BCUT2D eigenvalue weighted by Gasteiger charge is 2.31. The average molecular weight is 383 g/mol. The molecule has 3 N–H and O–H groups in total. The summed E-state index contributed by atoms with van der Waals surface area (Å²) in [7, 11) is 2.02. The summed E-state index contributed by atoms with van der Waals surface area (Å²) in [6, 6.07) is 14.3. The maximum atomic E-state index is 12.9. The lowest BCUT2D eigenvalue weighted by atomic mass is 10.0. The van der Waals surface area contributed by atoms with E-state index >= 15 is 0 Å². The number of piperazine rings is 1. The number of unbranched alkanes of at least 4 members (excludes halogenated alkanes) is 1. The van der Waals surface area contributed by atoms with Gasteiger partial charge in [-0.3, -0.25) is 9.69 Å². The highest BCUT2D eigenvalue weighted by Crippen LogP contribution is 2.18. The number of nitrogens with zero attached hydrogens (tertiary/aromatic N) is 2. The largest absolute Gasteiger partial charge is 0.352 e. The van der Waals surface area contributed by atoms with Gasteiger partial charge in [-0.25, -0.2) is 4.79 Å². The number of amides is 3. The van der Waals surface area contributed by atoms with Crippen LogP contribution in [0.3, 0.4) is 0 Å². The monoisotopic (exact) mass is 382 g/mol. The van der Waals surface area contributed by atoms with Gasteiger partial charge in [-0.1, -0.05) is 42.5 Å². The van der Waals surface area contributed by atoms with Crippen LogP contribution in [0.25, 0.3) is 10.8 Å². The molecule has 0 spiro atoms. The minimum atomic E-state index is -0.495. The van der Waals surface area contributed by atoms with E-state index in [2.05, 4.69) is 52.7 Å². The molecule has 0 unspecified atom stereocenters. The van der Waals surface area contributed by atoms with Crippen molar-refractivity contribution < 1.29 is 9.59 Å². The summed E-state index contributed by atoms with van der Waals surface area (Å²) in [5, 5.41) is 5.08. The van der Waals surface area contributed by atoms with Gasteiger partial charge in [0.15, 0.2) is 0 Å². The zero-order valence-corrected chi connectivity index (χ0v) is 16.6. The SMILES string of the molecule is CN1CCN(CCc2ccc3ccccc3c2)C(=O)[C@@H]1CCCCNC(N)=O. The Morgan fingerprint density at radius 1 is 1.14 bits per heavy atom. The van der Waals surface area contributed by atoms with Crippen LogP contribution < -0.4 is 11.1 Å². The van der Waals surface area contributed by atoms with Gasteiger partial charge in [0, 0.05) is 26.2 Å². The summed E-state index contributed by atoms with van der Waals surface area (Å²) in [6.07, 6.45) is 3.40. The number of fused-ring (bicyclic) bond motifs is 1. The highest BCUT2D eigenvalue weighted by molar-refractivity contribution is 5.83. The van der Waals surface area contributed by atoms with Crippen LogP contribution in [0.2, 0.25) is 0 Å². The Bertz CT molecular complexity index is 823. The van der Waals surface area contributed by atoms with Gasteiger partial charge in [0.25, 0.3) is 0 Å². The third-order valence-corrected chi connectivity index (χ3v) is 5.54. The van der Waals surface area contributed by atoms with Crippen LogP contribution in [0.4, 0.5) is 4.79 Å². The molecule has 1 aliphatic heterocycles. The van der Waals surface area contributed by atoms with Gasteiger partial charge in [0.05, 0.1) is 6.04 Å². The van der Waals surface area contributed by atoms with Crippen molar-refractivity contribution in [1.82, 2.24) is 15.1 Å². The van der Waals surface area contributed by atoms with Gasteiger partial charge in [0.1, 0.15) is 0 Å². The molecule has 0 aliphatic carbocycles. The third-order valence-electron chi connectivity index (χ3n) is 5.54. The van der Waals surface area contributed by atoms with E-state index in [-0.39, 0.29) is 11.9 Å². The molecule has 1 fully saturated rings. The number of likely N-dealkylation sites (N-methyl/N-ethyl adjacent to an activating group) is 1. The predicted octanol–water partition coefficient (Wildman–Crippen LogP) is 2.36. The van der Waals surface area contributed by atoms with Crippen molar-refractivity contribution >= 4 is 22.7 Å². The normalized spacial score (nSPS) is 17.8. The molecule has 1 saturated heterocycles. The lowest BCUT2D eigenvalue weighted by molar-refractivity contribution is -0.141. The molecule has 0 aromatic heterocycles. The van der Waals surface area contributed by atoms with Gasteiger partial charge in [0.2, 0.25) is 5.91 Å². The molecule has 3 rings (SSSR count). The third kappa shape index (κ3) is 5.23. The van der Waals surface area contributed by atoms with Crippen LogP contribution in [0.1, 0.15) is 24.8 Å². The number of carbonyl (C=O) groups is 2. The Kier molecular flexibility index (Phi) is 6.87. The maximum absolute atomic E-state index is 12.9. The molecule has 2 aromatic carbocycles. The number of primary amides is 1. The number of nitrogens with two attached hydrogens (primary N) is 1. The first-order valence-corrected chi connectivity index (χ1v) is 10.0. The summed E-state index contributed by atoms with van der Waals surface area (Å²) in [5.74, 6) is 0.220. The van der Waals surface area contributed by atoms with Gasteiger partial charge >= 0.3 is 6.03 Å². The first-order chi connectivity index (χ1) is 13.5. The van der Waals surface area contributed by atoms with Crippen LogP contribution in [0.5, 0.6) is 0 Å². The summed E-state index contributed by atoms with van der Waals surface area (Å²) >= 11 is 0. The Hall–Kier alpha value is -2.60. The zero-order valence-electron chi connectivity index (χ0n) is 16.6. The van der Waals surface area contributed by atoms with Gasteiger partial charge in [-0.05, 0) is 49.1 Å². The molecular formula is C22H30N4O2. The number of benzene rings is 2. The van der Waals surface area contributed by atoms with Crippen LogP contribution in [-0.2, 0) is 11.2 Å². The van der Waals surface area contributed by atoms with Crippen molar-refractivity contribution in [3.63, 3.8) is 0 Å². The summed E-state index contributed by atoms with van der Waals surface area (Å²) in [6.45, 7) is 2.99. The number of rotatable bonds is 8. The van der Waals surface area contributed by atoms with Crippen molar-refractivity contribution in [2.45, 2.75) is 31.7 Å². The number of nitrogens with one attached hydrogen (secondary N) is 1. The smallest absolute Gasteiger partial charge is 0.312 e. The predicted molar refractivity (Wildman–Crippen MR) is 112 cm³/mol. The second kappa shape index (κ2) is 9.55. The fourth-order valence-corrected chi connectivity index (χ4v) is 3.84. The second-order valence-corrected chi connectivity index (χ2v) is 7.54. The summed E-state index contributed by atoms with van der Waals surface area (Å²) < 4.78 is 0. The average Bonchev–Trinajstić information content (AvgIpc) is 2.69. The van der Waals surface area contributed by atoms with E-state index in [1.807, 2.05) is 11.9 Å². The van der Waals surface area contributed by atoms with E-state index in [1.54, 1.807) is 0 Å². The molecular weight excluding hydrogens is 352 g/mol. The second-order valence-electron chi connectivity index (χ2n) is 7.54. The molecule has 150 valence electrons. The van der Waals surface area contributed by atoms with Crippen LogP contribution in [0, 0.1) is 0 Å². The van der Waals surface area contributed by atoms with E-state index in [1.165, 1.54) is 16.3 Å². The minimum Gasteiger partial charge on any atom is -0.352 e.